The molecule has 2 unspecified atom stereocenters. The second kappa shape index (κ2) is 6.47. The molecule has 1 rings (SSSR count). The Kier molecular flexibility index (Phi) is 5.25. The van der Waals surface area contributed by atoms with Crippen LogP contribution in [0.1, 0.15) is 33.6 Å². The van der Waals surface area contributed by atoms with Crippen molar-refractivity contribution in [2.45, 2.75) is 39.7 Å². The molecule has 5 heteroatoms. The zero-order valence-electron chi connectivity index (χ0n) is 10.9. The van der Waals surface area contributed by atoms with Crippen molar-refractivity contribution in [3.05, 3.63) is 0 Å². The summed E-state index contributed by atoms with van der Waals surface area (Å²) in [7, 11) is 0. The van der Waals surface area contributed by atoms with Gasteiger partial charge in [0.25, 0.3) is 0 Å². The van der Waals surface area contributed by atoms with Gasteiger partial charge in [-0.05, 0) is 19.3 Å². The molecule has 1 heterocycles. The summed E-state index contributed by atoms with van der Waals surface area (Å²) >= 11 is 0. The molecule has 0 aromatic rings. The zero-order chi connectivity index (χ0) is 12.8. The van der Waals surface area contributed by atoms with E-state index in [-0.39, 0.29) is 11.9 Å². The first-order valence-corrected chi connectivity index (χ1v) is 6.25. The van der Waals surface area contributed by atoms with Crippen molar-refractivity contribution in [2.75, 3.05) is 19.7 Å². The van der Waals surface area contributed by atoms with Gasteiger partial charge < -0.3 is 15.0 Å². The van der Waals surface area contributed by atoms with Gasteiger partial charge in [0.05, 0.1) is 12.6 Å². The van der Waals surface area contributed by atoms with Crippen LogP contribution in [0, 0.1) is 5.92 Å². The van der Waals surface area contributed by atoms with Crippen LogP contribution in [0.25, 0.3) is 0 Å². The third-order valence-corrected chi connectivity index (χ3v) is 3.16. The smallest absolute Gasteiger partial charge is 0.407 e. The van der Waals surface area contributed by atoms with Crippen LogP contribution in [0.2, 0.25) is 0 Å². The Balaban J connectivity index is 2.53. The van der Waals surface area contributed by atoms with Crippen LogP contribution >= 0.6 is 0 Å². The number of nitrogens with zero attached hydrogens (tertiary/aromatic N) is 1. The first-order valence-electron chi connectivity index (χ1n) is 6.25. The molecule has 0 bridgehead atoms. The lowest BCUT2D eigenvalue weighted by Gasteiger charge is -2.37. The number of ether oxygens (including phenoxy) is 1. The predicted octanol–water partition coefficient (Wildman–Crippen LogP) is 1.38. The SMILES string of the molecule is CCOC(=O)NC1CC(CC)CN(C(C)=O)C1. The van der Waals surface area contributed by atoms with Gasteiger partial charge in [0.15, 0.2) is 0 Å². The minimum Gasteiger partial charge on any atom is -0.450 e. The highest BCUT2D eigenvalue weighted by atomic mass is 16.5. The minimum atomic E-state index is -0.391. The maximum Gasteiger partial charge on any atom is 0.407 e. The van der Waals surface area contributed by atoms with Crippen molar-refractivity contribution in [1.82, 2.24) is 10.2 Å². The lowest BCUT2D eigenvalue weighted by Crippen LogP contribution is -2.52. The molecule has 5 nitrogen and oxygen atoms in total. The number of carbonyl (C=O) groups excluding carboxylic acids is 2. The average molecular weight is 242 g/mol. The summed E-state index contributed by atoms with van der Waals surface area (Å²) in [5.41, 5.74) is 0. The fraction of sp³-hybridized carbons (Fsp3) is 0.833. The molecule has 98 valence electrons. The Morgan fingerprint density at radius 2 is 2.06 bits per heavy atom. The Hall–Kier alpha value is -1.26. The first kappa shape index (κ1) is 13.8. The zero-order valence-corrected chi connectivity index (χ0v) is 10.9. The number of alkyl carbamates (subject to hydrolysis) is 1. The molecule has 1 aliphatic rings. The lowest BCUT2D eigenvalue weighted by molar-refractivity contribution is -0.131. The third kappa shape index (κ3) is 4.24. The maximum absolute atomic E-state index is 11.4. The molecule has 0 aromatic carbocycles. The molecule has 0 radical (unpaired) electrons. The van der Waals surface area contributed by atoms with Gasteiger partial charge in [-0.3, -0.25) is 4.79 Å². The van der Waals surface area contributed by atoms with E-state index >= 15 is 0 Å². The van der Waals surface area contributed by atoms with E-state index in [9.17, 15) is 9.59 Å². The number of amides is 2. The molecule has 1 saturated heterocycles. The molecule has 17 heavy (non-hydrogen) atoms. The van der Waals surface area contributed by atoms with Crippen LogP contribution in [-0.4, -0.2) is 42.6 Å². The molecule has 0 aromatic heterocycles. The number of rotatable bonds is 3. The van der Waals surface area contributed by atoms with Gasteiger partial charge >= 0.3 is 6.09 Å². The quantitative estimate of drug-likeness (QED) is 0.813. The number of carbonyl (C=O) groups is 2. The second-order valence-electron chi connectivity index (χ2n) is 4.50. The lowest BCUT2D eigenvalue weighted by atomic mass is 9.92. The highest BCUT2D eigenvalue weighted by molar-refractivity contribution is 5.73. The number of nitrogens with one attached hydrogen (secondary N) is 1. The van der Waals surface area contributed by atoms with Crippen LogP contribution < -0.4 is 5.32 Å². The number of piperidine rings is 1. The van der Waals surface area contributed by atoms with Crippen molar-refractivity contribution in [2.24, 2.45) is 5.92 Å². The molecule has 2 amide bonds. The van der Waals surface area contributed by atoms with Crippen LogP contribution in [0.15, 0.2) is 0 Å². The Morgan fingerprint density at radius 3 is 2.59 bits per heavy atom. The van der Waals surface area contributed by atoms with Crippen LogP contribution in [-0.2, 0) is 9.53 Å². The summed E-state index contributed by atoms with van der Waals surface area (Å²) in [6.45, 7) is 7.20. The van der Waals surface area contributed by atoms with Gasteiger partial charge in [0.2, 0.25) is 5.91 Å². The Labute approximate surface area is 102 Å². The molecule has 0 spiro atoms. The topological polar surface area (TPSA) is 58.6 Å². The van der Waals surface area contributed by atoms with Crippen LogP contribution in [0.4, 0.5) is 4.79 Å². The fourth-order valence-electron chi connectivity index (χ4n) is 2.20. The minimum absolute atomic E-state index is 0.0108. The van der Waals surface area contributed by atoms with Gasteiger partial charge in [0, 0.05) is 20.0 Å². The van der Waals surface area contributed by atoms with Crippen molar-refractivity contribution in [1.29, 1.82) is 0 Å². The second-order valence-corrected chi connectivity index (χ2v) is 4.50. The fourth-order valence-corrected chi connectivity index (χ4v) is 2.20. The van der Waals surface area contributed by atoms with E-state index in [0.29, 0.717) is 19.1 Å². The summed E-state index contributed by atoms with van der Waals surface area (Å²) < 4.78 is 4.86. The summed E-state index contributed by atoms with van der Waals surface area (Å²) in [6.07, 6.45) is 1.54. The van der Waals surface area contributed by atoms with Gasteiger partial charge in [-0.15, -0.1) is 0 Å². The molecular weight excluding hydrogens is 220 g/mol. The highest BCUT2D eigenvalue weighted by Gasteiger charge is 2.28. The molecule has 1 fully saturated rings. The molecule has 2 atom stereocenters. The largest absolute Gasteiger partial charge is 0.450 e. The van der Waals surface area contributed by atoms with E-state index in [0.717, 1.165) is 19.4 Å². The van der Waals surface area contributed by atoms with Gasteiger partial charge in [0.1, 0.15) is 0 Å². The normalized spacial score (nSPS) is 24.3. The van der Waals surface area contributed by atoms with Crippen molar-refractivity contribution in [3.63, 3.8) is 0 Å². The Bertz CT molecular complexity index is 281. The van der Waals surface area contributed by atoms with Crippen molar-refractivity contribution >= 4 is 12.0 Å². The van der Waals surface area contributed by atoms with E-state index in [2.05, 4.69) is 12.2 Å². The first-order chi connectivity index (χ1) is 8.06. The van der Waals surface area contributed by atoms with E-state index < -0.39 is 6.09 Å². The average Bonchev–Trinajstić information content (AvgIpc) is 2.28. The number of hydrogen-bond acceptors (Lipinski definition) is 3. The highest BCUT2D eigenvalue weighted by Crippen LogP contribution is 2.19. The monoisotopic (exact) mass is 242 g/mol. The molecule has 0 saturated carbocycles. The van der Waals surface area contributed by atoms with E-state index in [1.54, 1.807) is 18.7 Å². The van der Waals surface area contributed by atoms with Crippen LogP contribution in [0.5, 0.6) is 0 Å². The molecule has 1 aliphatic heterocycles. The van der Waals surface area contributed by atoms with E-state index in [1.165, 1.54) is 0 Å². The predicted molar refractivity (Wildman–Crippen MR) is 64.6 cm³/mol. The number of hydrogen-bond donors (Lipinski definition) is 1. The van der Waals surface area contributed by atoms with Crippen molar-refractivity contribution in [3.8, 4) is 0 Å². The molecule has 0 aliphatic carbocycles. The molecule has 1 N–H and O–H groups in total. The van der Waals surface area contributed by atoms with E-state index in [1.807, 2.05) is 0 Å². The van der Waals surface area contributed by atoms with Gasteiger partial charge in [-0.25, -0.2) is 4.79 Å². The standard InChI is InChI=1S/C12H22N2O3/c1-4-10-6-11(13-12(16)17-5-2)8-14(7-10)9(3)15/h10-11H,4-8H2,1-3H3,(H,13,16). The summed E-state index contributed by atoms with van der Waals surface area (Å²) in [4.78, 5) is 24.5. The Morgan fingerprint density at radius 1 is 1.35 bits per heavy atom. The third-order valence-electron chi connectivity index (χ3n) is 3.16. The summed E-state index contributed by atoms with van der Waals surface area (Å²) in [6, 6.07) is 0.0108. The molecular formula is C12H22N2O3. The van der Waals surface area contributed by atoms with Gasteiger partial charge in [-0.1, -0.05) is 13.3 Å². The van der Waals surface area contributed by atoms with Crippen molar-refractivity contribution < 1.29 is 14.3 Å². The van der Waals surface area contributed by atoms with Crippen LogP contribution in [0.3, 0.4) is 0 Å². The maximum atomic E-state index is 11.4. The summed E-state index contributed by atoms with van der Waals surface area (Å²) in [5, 5.41) is 2.81. The van der Waals surface area contributed by atoms with E-state index in [4.69, 9.17) is 4.74 Å². The number of likely N-dealkylation sites (tertiary alicyclic amines) is 1. The summed E-state index contributed by atoms with van der Waals surface area (Å²) in [5.74, 6) is 0.526. The van der Waals surface area contributed by atoms with Gasteiger partial charge in [-0.2, -0.15) is 0 Å².